The van der Waals surface area contributed by atoms with Gasteiger partial charge in [0.15, 0.2) is 5.96 Å². The third-order valence-electron chi connectivity index (χ3n) is 5.80. The van der Waals surface area contributed by atoms with Crippen LogP contribution >= 0.6 is 24.0 Å². The lowest BCUT2D eigenvalue weighted by molar-refractivity contribution is -0.121. The number of nitrogens with one attached hydrogen (secondary N) is 2. The number of likely N-dealkylation sites (tertiary alicyclic amines) is 1. The zero-order chi connectivity index (χ0) is 21.9. The van der Waals surface area contributed by atoms with Gasteiger partial charge in [0, 0.05) is 40.2 Å². The van der Waals surface area contributed by atoms with Crippen LogP contribution in [0.1, 0.15) is 36.0 Å². The lowest BCUT2D eigenvalue weighted by atomic mass is 9.93. The van der Waals surface area contributed by atoms with E-state index in [0.717, 1.165) is 31.9 Å². The van der Waals surface area contributed by atoms with Crippen LogP contribution in [0.25, 0.3) is 0 Å². The summed E-state index contributed by atoms with van der Waals surface area (Å²) in [7, 11) is 3.53. The molecule has 0 radical (unpaired) electrons. The van der Waals surface area contributed by atoms with Crippen LogP contribution in [0.3, 0.4) is 0 Å². The SMILES string of the molecule is CN=C(NCc1ccccc1COCc1ccccc1)N1CCC(CC(=O)NC)CC1.I. The molecule has 1 amide bonds. The Labute approximate surface area is 208 Å². The van der Waals surface area contributed by atoms with Gasteiger partial charge in [-0.1, -0.05) is 54.6 Å². The molecule has 174 valence electrons. The van der Waals surface area contributed by atoms with Crippen molar-refractivity contribution in [3.63, 3.8) is 0 Å². The van der Waals surface area contributed by atoms with Gasteiger partial charge in [0.25, 0.3) is 0 Å². The molecule has 0 aliphatic carbocycles. The van der Waals surface area contributed by atoms with E-state index in [1.54, 1.807) is 7.05 Å². The maximum atomic E-state index is 11.6. The van der Waals surface area contributed by atoms with E-state index < -0.39 is 0 Å². The Kier molecular flexibility index (Phi) is 11.5. The smallest absolute Gasteiger partial charge is 0.220 e. The number of hydrogen-bond donors (Lipinski definition) is 2. The second-order valence-electron chi connectivity index (χ2n) is 7.96. The molecule has 6 nitrogen and oxygen atoms in total. The minimum Gasteiger partial charge on any atom is -0.372 e. The number of nitrogens with zero attached hydrogens (tertiary/aromatic N) is 2. The molecule has 0 atom stereocenters. The fraction of sp³-hybridized carbons (Fsp3) is 0.440. The molecule has 1 fully saturated rings. The summed E-state index contributed by atoms with van der Waals surface area (Å²) >= 11 is 0. The predicted octanol–water partition coefficient (Wildman–Crippen LogP) is 3.94. The Bertz CT molecular complexity index is 852. The van der Waals surface area contributed by atoms with Gasteiger partial charge in [-0.2, -0.15) is 0 Å². The highest BCUT2D eigenvalue weighted by Gasteiger charge is 2.23. The summed E-state index contributed by atoms with van der Waals surface area (Å²) in [4.78, 5) is 18.4. The molecule has 2 aromatic rings. The highest BCUT2D eigenvalue weighted by atomic mass is 127. The summed E-state index contributed by atoms with van der Waals surface area (Å²) in [6.07, 6.45) is 2.64. The fourth-order valence-electron chi connectivity index (χ4n) is 3.94. The largest absolute Gasteiger partial charge is 0.372 e. The Morgan fingerprint density at radius 3 is 2.34 bits per heavy atom. The number of piperidine rings is 1. The van der Waals surface area contributed by atoms with E-state index in [0.29, 0.717) is 32.1 Å². The third-order valence-corrected chi connectivity index (χ3v) is 5.80. The summed E-state index contributed by atoms with van der Waals surface area (Å²) in [6.45, 7) is 3.73. The molecule has 3 rings (SSSR count). The van der Waals surface area contributed by atoms with Crippen LogP contribution < -0.4 is 10.6 Å². The van der Waals surface area contributed by atoms with Crippen molar-refractivity contribution in [2.24, 2.45) is 10.9 Å². The molecule has 0 aromatic heterocycles. The molecular weight excluding hydrogens is 515 g/mol. The Morgan fingerprint density at radius 1 is 1.03 bits per heavy atom. The summed E-state index contributed by atoms with van der Waals surface area (Å²) < 4.78 is 5.95. The third kappa shape index (κ3) is 8.09. The molecule has 7 heteroatoms. The molecule has 0 unspecified atom stereocenters. The first-order valence-electron chi connectivity index (χ1n) is 11.0. The van der Waals surface area contributed by atoms with Crippen LogP contribution in [-0.4, -0.2) is 44.0 Å². The molecule has 0 spiro atoms. The lowest BCUT2D eigenvalue weighted by Gasteiger charge is -2.34. The van der Waals surface area contributed by atoms with Gasteiger partial charge >= 0.3 is 0 Å². The van der Waals surface area contributed by atoms with Crippen molar-refractivity contribution >= 4 is 35.8 Å². The molecule has 32 heavy (non-hydrogen) atoms. The molecule has 2 N–H and O–H groups in total. The van der Waals surface area contributed by atoms with E-state index in [1.807, 2.05) is 25.2 Å². The lowest BCUT2D eigenvalue weighted by Crippen LogP contribution is -2.45. The van der Waals surface area contributed by atoms with Gasteiger partial charge in [-0.25, -0.2) is 0 Å². The average Bonchev–Trinajstić information content (AvgIpc) is 2.82. The van der Waals surface area contributed by atoms with Crippen LogP contribution in [0.5, 0.6) is 0 Å². The molecule has 1 aliphatic rings. The van der Waals surface area contributed by atoms with Gasteiger partial charge in [-0.15, -0.1) is 24.0 Å². The monoisotopic (exact) mass is 550 g/mol. The minimum atomic E-state index is 0. The predicted molar refractivity (Wildman–Crippen MR) is 140 cm³/mol. The van der Waals surface area contributed by atoms with Crippen molar-refractivity contribution < 1.29 is 9.53 Å². The molecular formula is C25H35IN4O2. The van der Waals surface area contributed by atoms with Crippen molar-refractivity contribution in [2.45, 2.75) is 39.0 Å². The maximum Gasteiger partial charge on any atom is 0.220 e. The van der Waals surface area contributed by atoms with Crippen LogP contribution in [0.15, 0.2) is 59.6 Å². The summed E-state index contributed by atoms with van der Waals surface area (Å²) in [5, 5.41) is 6.24. The van der Waals surface area contributed by atoms with Gasteiger partial charge in [0.1, 0.15) is 0 Å². The number of carbonyl (C=O) groups excluding carboxylic acids is 1. The average molecular weight is 550 g/mol. The minimum absolute atomic E-state index is 0. The number of rotatable bonds is 8. The first kappa shape index (κ1) is 26.1. The zero-order valence-corrected chi connectivity index (χ0v) is 21.4. The Hall–Kier alpha value is -2.13. The molecule has 1 aliphatic heterocycles. The van der Waals surface area contributed by atoms with Crippen molar-refractivity contribution in [2.75, 3.05) is 27.2 Å². The fourth-order valence-corrected chi connectivity index (χ4v) is 3.94. The number of aliphatic imine (C=N–C) groups is 1. The first-order chi connectivity index (χ1) is 15.2. The van der Waals surface area contributed by atoms with E-state index in [9.17, 15) is 4.79 Å². The van der Waals surface area contributed by atoms with Crippen molar-refractivity contribution in [3.8, 4) is 0 Å². The molecule has 1 saturated heterocycles. The van der Waals surface area contributed by atoms with E-state index in [2.05, 4.69) is 56.9 Å². The quantitative estimate of drug-likeness (QED) is 0.297. The normalized spacial score (nSPS) is 14.6. The van der Waals surface area contributed by atoms with E-state index >= 15 is 0 Å². The molecule has 0 bridgehead atoms. The summed E-state index contributed by atoms with van der Waals surface area (Å²) in [5.74, 6) is 1.50. The zero-order valence-electron chi connectivity index (χ0n) is 19.0. The number of benzene rings is 2. The van der Waals surface area contributed by atoms with E-state index in [4.69, 9.17) is 4.74 Å². The van der Waals surface area contributed by atoms with Crippen molar-refractivity contribution in [1.82, 2.24) is 15.5 Å². The second-order valence-corrected chi connectivity index (χ2v) is 7.96. The van der Waals surface area contributed by atoms with Gasteiger partial charge < -0.3 is 20.3 Å². The van der Waals surface area contributed by atoms with Crippen LogP contribution in [0.4, 0.5) is 0 Å². The van der Waals surface area contributed by atoms with Crippen LogP contribution in [0.2, 0.25) is 0 Å². The number of guanidine groups is 1. The van der Waals surface area contributed by atoms with Gasteiger partial charge in [0.05, 0.1) is 13.2 Å². The number of carbonyl (C=O) groups is 1. The number of amides is 1. The number of halogens is 1. The summed E-state index contributed by atoms with van der Waals surface area (Å²) in [6, 6.07) is 18.6. The van der Waals surface area contributed by atoms with Gasteiger partial charge in [-0.05, 0) is 35.4 Å². The van der Waals surface area contributed by atoms with Crippen LogP contribution in [0, 0.1) is 5.92 Å². The highest BCUT2D eigenvalue weighted by Crippen LogP contribution is 2.20. The van der Waals surface area contributed by atoms with E-state index in [1.165, 1.54) is 16.7 Å². The Balaban J connectivity index is 0.00000363. The first-order valence-corrected chi connectivity index (χ1v) is 11.0. The topological polar surface area (TPSA) is 66.0 Å². The molecule has 1 heterocycles. The maximum absolute atomic E-state index is 11.6. The van der Waals surface area contributed by atoms with Gasteiger partial charge in [-0.3, -0.25) is 9.79 Å². The number of ether oxygens (including phenoxy) is 1. The number of hydrogen-bond acceptors (Lipinski definition) is 3. The summed E-state index contributed by atoms with van der Waals surface area (Å²) in [5.41, 5.74) is 3.58. The van der Waals surface area contributed by atoms with E-state index in [-0.39, 0.29) is 29.9 Å². The van der Waals surface area contributed by atoms with Gasteiger partial charge in [0.2, 0.25) is 5.91 Å². The molecule has 2 aromatic carbocycles. The molecule has 0 saturated carbocycles. The van der Waals surface area contributed by atoms with Crippen LogP contribution in [-0.2, 0) is 29.3 Å². The van der Waals surface area contributed by atoms with Crippen molar-refractivity contribution in [3.05, 3.63) is 71.3 Å². The second kappa shape index (κ2) is 14.1. The standard InChI is InChI=1S/C25H34N4O2.HI/c1-26-24(30)16-20-12-14-29(15-13-20)25(27-2)28-17-22-10-6-7-11-23(22)19-31-18-21-8-4-3-5-9-21;/h3-11,20H,12-19H2,1-2H3,(H,26,30)(H,27,28);1H. The van der Waals surface area contributed by atoms with Crippen molar-refractivity contribution in [1.29, 1.82) is 0 Å². The highest BCUT2D eigenvalue weighted by molar-refractivity contribution is 14.0. The Morgan fingerprint density at radius 2 is 1.69 bits per heavy atom.